The topological polar surface area (TPSA) is 51.4 Å². The molecule has 0 radical (unpaired) electrons. The Morgan fingerprint density at radius 3 is 2.35 bits per heavy atom. The van der Waals surface area contributed by atoms with E-state index in [1.807, 2.05) is 0 Å². The van der Waals surface area contributed by atoms with Gasteiger partial charge in [0.15, 0.2) is 0 Å². The molecule has 3 aliphatic rings. The van der Waals surface area contributed by atoms with Gasteiger partial charge >= 0.3 is 0 Å². The van der Waals surface area contributed by atoms with Crippen LogP contribution >= 0.6 is 0 Å². The van der Waals surface area contributed by atoms with Gasteiger partial charge in [0.2, 0.25) is 5.88 Å². The first-order chi connectivity index (χ1) is 15.2. The first-order valence-corrected chi connectivity index (χ1v) is 11.6. The van der Waals surface area contributed by atoms with Crippen LogP contribution in [0, 0.1) is 0 Å². The number of nitrogens with two attached hydrogens (primary N) is 1. The van der Waals surface area contributed by atoms with Crippen molar-refractivity contribution in [3.8, 4) is 28.3 Å². The molecule has 2 aromatic carbocycles. The predicted molar refractivity (Wildman–Crippen MR) is 125 cm³/mol. The van der Waals surface area contributed by atoms with Crippen molar-refractivity contribution in [1.29, 1.82) is 0 Å². The molecular formula is C27H29N3O. The molecule has 31 heavy (non-hydrogen) atoms. The molecule has 1 aliphatic heterocycles. The number of hydrogen-bond donors (Lipinski definition) is 1. The maximum Gasteiger partial charge on any atom is 0.238 e. The highest BCUT2D eigenvalue weighted by molar-refractivity contribution is 5.85. The first kappa shape index (κ1) is 18.9. The van der Waals surface area contributed by atoms with E-state index in [1.54, 1.807) is 0 Å². The lowest BCUT2D eigenvalue weighted by Gasteiger charge is -2.42. The van der Waals surface area contributed by atoms with E-state index in [9.17, 15) is 0 Å². The monoisotopic (exact) mass is 411 g/mol. The van der Waals surface area contributed by atoms with Crippen molar-refractivity contribution in [2.24, 2.45) is 5.73 Å². The number of ether oxygens (including phenoxy) is 1. The second-order valence-corrected chi connectivity index (χ2v) is 9.29. The van der Waals surface area contributed by atoms with Crippen molar-refractivity contribution >= 4 is 5.69 Å². The second kappa shape index (κ2) is 7.38. The zero-order valence-corrected chi connectivity index (χ0v) is 17.9. The van der Waals surface area contributed by atoms with Gasteiger partial charge in [-0.25, -0.2) is 4.98 Å². The summed E-state index contributed by atoms with van der Waals surface area (Å²) < 4.78 is 6.06. The summed E-state index contributed by atoms with van der Waals surface area (Å²) in [6.07, 6.45) is 7.22. The molecule has 158 valence electrons. The van der Waals surface area contributed by atoms with Crippen molar-refractivity contribution in [1.82, 2.24) is 4.98 Å². The molecule has 2 saturated carbocycles. The van der Waals surface area contributed by atoms with Crippen molar-refractivity contribution in [3.63, 3.8) is 0 Å². The molecule has 3 aromatic rings. The quantitative estimate of drug-likeness (QED) is 0.615. The summed E-state index contributed by atoms with van der Waals surface area (Å²) in [5.41, 5.74) is 13.2. The molecule has 1 aromatic heterocycles. The molecule has 0 bridgehead atoms. The predicted octanol–water partition coefficient (Wildman–Crippen LogP) is 5.50. The van der Waals surface area contributed by atoms with Crippen molar-refractivity contribution in [2.45, 2.75) is 50.1 Å². The average Bonchev–Trinajstić information content (AvgIpc) is 2.76. The standard InChI is InChI=1S/C27H29N3O/c28-27(14-5-15-27)21-12-10-20(11-13-21)25-23(19-6-2-1-3-7-19)18-24-26(29-25)31-17-16-30(24)22-8-4-9-22/h1-3,6-7,10-13,18,22H,4-5,8-9,14-17,28H2. The summed E-state index contributed by atoms with van der Waals surface area (Å²) in [6, 6.07) is 22.2. The Morgan fingerprint density at radius 1 is 0.935 bits per heavy atom. The van der Waals surface area contributed by atoms with Gasteiger partial charge in [0, 0.05) is 22.7 Å². The van der Waals surface area contributed by atoms with E-state index in [2.05, 4.69) is 65.6 Å². The normalized spacial score (nSPS) is 19.7. The Hall–Kier alpha value is -2.85. The van der Waals surface area contributed by atoms with Crippen LogP contribution in [0.4, 0.5) is 5.69 Å². The van der Waals surface area contributed by atoms with Crippen LogP contribution in [0.25, 0.3) is 22.4 Å². The number of hydrogen-bond acceptors (Lipinski definition) is 4. The number of pyridine rings is 1. The summed E-state index contributed by atoms with van der Waals surface area (Å²) >= 11 is 0. The van der Waals surface area contributed by atoms with E-state index in [4.69, 9.17) is 15.5 Å². The largest absolute Gasteiger partial charge is 0.474 e. The number of fused-ring (bicyclic) bond motifs is 1. The van der Waals surface area contributed by atoms with Crippen LogP contribution in [0.3, 0.4) is 0 Å². The van der Waals surface area contributed by atoms with E-state index >= 15 is 0 Å². The molecule has 2 N–H and O–H groups in total. The highest BCUT2D eigenvalue weighted by Crippen LogP contribution is 2.43. The maximum atomic E-state index is 6.55. The summed E-state index contributed by atoms with van der Waals surface area (Å²) in [7, 11) is 0. The Kier molecular flexibility index (Phi) is 4.50. The third-order valence-corrected chi connectivity index (χ3v) is 7.43. The fourth-order valence-electron chi connectivity index (χ4n) is 5.10. The molecule has 0 atom stereocenters. The SMILES string of the molecule is NC1(c2ccc(-c3nc4c(cc3-c3ccccc3)N(C3CCC3)CCO4)cc2)CCC1. The van der Waals surface area contributed by atoms with Gasteiger partial charge in [-0.1, -0.05) is 54.6 Å². The summed E-state index contributed by atoms with van der Waals surface area (Å²) in [6.45, 7) is 1.65. The Bertz CT molecular complexity index is 1090. The molecule has 4 heteroatoms. The second-order valence-electron chi connectivity index (χ2n) is 9.29. The van der Waals surface area contributed by atoms with Crippen LogP contribution in [-0.4, -0.2) is 24.2 Å². The molecule has 0 unspecified atom stereocenters. The van der Waals surface area contributed by atoms with E-state index in [0.29, 0.717) is 12.6 Å². The smallest absolute Gasteiger partial charge is 0.238 e. The van der Waals surface area contributed by atoms with Crippen LogP contribution in [0.2, 0.25) is 0 Å². The van der Waals surface area contributed by atoms with E-state index in [0.717, 1.165) is 47.8 Å². The lowest BCUT2D eigenvalue weighted by atomic mass is 9.72. The number of nitrogens with zero attached hydrogens (tertiary/aromatic N) is 2. The minimum absolute atomic E-state index is 0.142. The molecule has 0 amide bonds. The van der Waals surface area contributed by atoms with E-state index in [-0.39, 0.29) is 5.54 Å². The Morgan fingerprint density at radius 2 is 1.71 bits per heavy atom. The average molecular weight is 412 g/mol. The fraction of sp³-hybridized carbons (Fsp3) is 0.370. The van der Waals surface area contributed by atoms with Crippen molar-refractivity contribution < 1.29 is 4.74 Å². The van der Waals surface area contributed by atoms with Gasteiger partial charge in [-0.05, 0) is 55.7 Å². The minimum Gasteiger partial charge on any atom is -0.474 e. The molecule has 0 saturated heterocycles. The highest BCUT2D eigenvalue weighted by atomic mass is 16.5. The first-order valence-electron chi connectivity index (χ1n) is 11.6. The van der Waals surface area contributed by atoms with Crippen LogP contribution < -0.4 is 15.4 Å². The minimum atomic E-state index is -0.142. The van der Waals surface area contributed by atoms with Gasteiger partial charge in [-0.15, -0.1) is 0 Å². The number of benzene rings is 2. The molecule has 2 fully saturated rings. The number of aromatic nitrogens is 1. The van der Waals surface area contributed by atoms with E-state index in [1.165, 1.54) is 36.8 Å². The third kappa shape index (κ3) is 3.21. The summed E-state index contributed by atoms with van der Waals surface area (Å²) in [4.78, 5) is 7.60. The van der Waals surface area contributed by atoms with Gasteiger partial charge in [-0.2, -0.15) is 0 Å². The van der Waals surface area contributed by atoms with Gasteiger partial charge < -0.3 is 15.4 Å². The zero-order chi connectivity index (χ0) is 20.8. The van der Waals surface area contributed by atoms with Gasteiger partial charge in [-0.3, -0.25) is 0 Å². The third-order valence-electron chi connectivity index (χ3n) is 7.43. The van der Waals surface area contributed by atoms with E-state index < -0.39 is 0 Å². The van der Waals surface area contributed by atoms with Crippen LogP contribution in [-0.2, 0) is 5.54 Å². The molecule has 2 heterocycles. The highest BCUT2D eigenvalue weighted by Gasteiger charge is 2.34. The lowest BCUT2D eigenvalue weighted by molar-refractivity contribution is 0.253. The summed E-state index contributed by atoms with van der Waals surface area (Å²) in [5.74, 6) is 0.770. The molecule has 4 nitrogen and oxygen atoms in total. The van der Waals surface area contributed by atoms with Gasteiger partial charge in [0.25, 0.3) is 0 Å². The van der Waals surface area contributed by atoms with Crippen LogP contribution in [0.1, 0.15) is 44.1 Å². The van der Waals surface area contributed by atoms with Crippen molar-refractivity contribution in [3.05, 3.63) is 66.2 Å². The Labute approximate surface area is 184 Å². The number of rotatable bonds is 4. The summed E-state index contributed by atoms with van der Waals surface area (Å²) in [5, 5.41) is 0. The fourth-order valence-corrected chi connectivity index (χ4v) is 5.10. The van der Waals surface area contributed by atoms with Crippen molar-refractivity contribution in [2.75, 3.05) is 18.1 Å². The van der Waals surface area contributed by atoms with Crippen LogP contribution in [0.15, 0.2) is 60.7 Å². The molecule has 6 rings (SSSR count). The maximum absolute atomic E-state index is 6.55. The lowest BCUT2D eigenvalue weighted by Crippen LogP contribution is -2.45. The van der Waals surface area contributed by atoms with Gasteiger partial charge in [0.1, 0.15) is 12.3 Å². The molecular weight excluding hydrogens is 382 g/mol. The number of anilines is 1. The zero-order valence-electron chi connectivity index (χ0n) is 17.9. The molecule has 2 aliphatic carbocycles. The Balaban J connectivity index is 1.46. The molecule has 0 spiro atoms. The van der Waals surface area contributed by atoms with Crippen LogP contribution in [0.5, 0.6) is 5.88 Å². The van der Waals surface area contributed by atoms with Gasteiger partial charge in [0.05, 0.1) is 12.2 Å².